The zero-order valence-corrected chi connectivity index (χ0v) is 21.9. The molecule has 35 heavy (non-hydrogen) atoms. The molecule has 1 saturated heterocycles. The molecular formula is C23H32N4O6S2. The summed E-state index contributed by atoms with van der Waals surface area (Å²) in [5.74, 6) is 0. The molecule has 1 fully saturated rings. The van der Waals surface area contributed by atoms with E-state index in [0.29, 0.717) is 44.0 Å². The minimum absolute atomic E-state index is 0.0820. The van der Waals surface area contributed by atoms with Crippen LogP contribution in [0.2, 0.25) is 0 Å². The number of carbonyl (C=O) groups excluding carboxylic acids is 1. The van der Waals surface area contributed by atoms with Gasteiger partial charge in [-0.1, -0.05) is 18.2 Å². The highest BCUT2D eigenvalue weighted by Crippen LogP contribution is 2.31. The Bertz CT molecular complexity index is 1260. The van der Waals surface area contributed by atoms with Gasteiger partial charge in [0.15, 0.2) is 0 Å². The quantitative estimate of drug-likeness (QED) is 0.594. The van der Waals surface area contributed by atoms with Crippen LogP contribution in [0.4, 0.5) is 21.9 Å². The summed E-state index contributed by atoms with van der Waals surface area (Å²) >= 11 is 0. The Kier molecular flexibility index (Phi) is 7.85. The summed E-state index contributed by atoms with van der Waals surface area (Å²) in [6.07, 6.45) is 1.24. The normalized spacial score (nSPS) is 15.3. The van der Waals surface area contributed by atoms with E-state index < -0.39 is 31.7 Å². The van der Waals surface area contributed by atoms with Crippen LogP contribution in [0.15, 0.2) is 53.4 Å². The van der Waals surface area contributed by atoms with Crippen LogP contribution in [-0.4, -0.2) is 65.9 Å². The van der Waals surface area contributed by atoms with Gasteiger partial charge in [-0.2, -0.15) is 0 Å². The molecule has 3 rings (SSSR count). The molecule has 2 N–H and O–H groups in total. The molecule has 0 unspecified atom stereocenters. The monoisotopic (exact) mass is 524 g/mol. The number of amides is 1. The SMILES string of the molecule is CC(C)(C)OC(=O)N1CCCN(c2ccc(S(=O)(=O)Nc3ccccc3)cc2NS(C)(=O)=O)CC1. The average Bonchev–Trinajstić information content (AvgIpc) is 2.98. The summed E-state index contributed by atoms with van der Waals surface area (Å²) in [7, 11) is -7.65. The number of nitrogens with one attached hydrogen (secondary N) is 2. The minimum atomic E-state index is -3.96. The average molecular weight is 525 g/mol. The number of rotatable bonds is 6. The van der Waals surface area contributed by atoms with Gasteiger partial charge in [-0.15, -0.1) is 0 Å². The van der Waals surface area contributed by atoms with Crippen LogP contribution in [0.25, 0.3) is 0 Å². The van der Waals surface area contributed by atoms with Crippen LogP contribution in [0.3, 0.4) is 0 Å². The van der Waals surface area contributed by atoms with Crippen LogP contribution >= 0.6 is 0 Å². The van der Waals surface area contributed by atoms with Gasteiger partial charge in [-0.25, -0.2) is 21.6 Å². The molecular weight excluding hydrogens is 492 g/mol. The van der Waals surface area contributed by atoms with Gasteiger partial charge in [0.05, 0.1) is 22.5 Å². The number of sulfonamides is 2. The Labute approximate surface area is 207 Å². The van der Waals surface area contributed by atoms with Crippen molar-refractivity contribution in [2.24, 2.45) is 0 Å². The van der Waals surface area contributed by atoms with E-state index in [-0.39, 0.29) is 10.6 Å². The molecule has 0 atom stereocenters. The van der Waals surface area contributed by atoms with Gasteiger partial charge in [0, 0.05) is 31.9 Å². The molecule has 0 spiro atoms. The summed E-state index contributed by atoms with van der Waals surface area (Å²) in [6.45, 7) is 7.26. The van der Waals surface area contributed by atoms with Gasteiger partial charge in [-0.3, -0.25) is 9.44 Å². The lowest BCUT2D eigenvalue weighted by Crippen LogP contribution is -2.39. The number of anilines is 3. The van der Waals surface area contributed by atoms with Crippen LogP contribution < -0.4 is 14.3 Å². The Balaban J connectivity index is 1.87. The maximum Gasteiger partial charge on any atom is 0.410 e. The molecule has 0 saturated carbocycles. The van der Waals surface area contributed by atoms with Crippen molar-refractivity contribution in [3.63, 3.8) is 0 Å². The molecule has 1 aliphatic heterocycles. The lowest BCUT2D eigenvalue weighted by molar-refractivity contribution is 0.0263. The molecule has 1 heterocycles. The van der Waals surface area contributed by atoms with E-state index in [1.54, 1.807) is 62.1 Å². The van der Waals surface area contributed by atoms with Crippen molar-refractivity contribution in [2.75, 3.05) is 46.8 Å². The Morgan fingerprint density at radius 3 is 2.23 bits per heavy atom. The zero-order chi connectivity index (χ0) is 25.9. The third-order valence-corrected chi connectivity index (χ3v) is 7.06. The molecule has 2 aromatic rings. The van der Waals surface area contributed by atoms with Crippen molar-refractivity contribution in [2.45, 2.75) is 37.7 Å². The van der Waals surface area contributed by atoms with Crippen LogP contribution in [0.5, 0.6) is 0 Å². The third-order valence-electron chi connectivity index (χ3n) is 5.09. The highest BCUT2D eigenvalue weighted by molar-refractivity contribution is 7.93. The summed E-state index contributed by atoms with van der Waals surface area (Å²) < 4.78 is 60.4. The zero-order valence-electron chi connectivity index (χ0n) is 20.3. The van der Waals surface area contributed by atoms with Gasteiger partial charge in [0.1, 0.15) is 5.60 Å². The second-order valence-electron chi connectivity index (χ2n) is 9.33. The number of benzene rings is 2. The topological polar surface area (TPSA) is 125 Å². The third kappa shape index (κ3) is 7.76. The fourth-order valence-corrected chi connectivity index (χ4v) is 5.27. The number of para-hydroxylation sites is 1. The van der Waals surface area contributed by atoms with Crippen LogP contribution in [0, 0.1) is 0 Å². The maximum atomic E-state index is 12.9. The molecule has 1 aliphatic rings. The van der Waals surface area contributed by atoms with E-state index in [9.17, 15) is 21.6 Å². The first-order valence-electron chi connectivity index (χ1n) is 11.2. The number of nitrogens with zero attached hydrogens (tertiary/aromatic N) is 2. The Morgan fingerprint density at radius 2 is 1.60 bits per heavy atom. The van der Waals surface area contributed by atoms with E-state index in [1.807, 2.05) is 4.90 Å². The molecule has 0 radical (unpaired) electrons. The minimum Gasteiger partial charge on any atom is -0.444 e. The predicted molar refractivity (Wildman–Crippen MR) is 137 cm³/mol. The maximum absolute atomic E-state index is 12.9. The molecule has 1 amide bonds. The van der Waals surface area contributed by atoms with Gasteiger partial charge in [0.2, 0.25) is 10.0 Å². The predicted octanol–water partition coefficient (Wildman–Crippen LogP) is 3.31. The lowest BCUT2D eigenvalue weighted by atomic mass is 10.2. The van der Waals surface area contributed by atoms with Crippen molar-refractivity contribution in [3.8, 4) is 0 Å². The summed E-state index contributed by atoms with van der Waals surface area (Å²) in [6, 6.07) is 12.7. The van der Waals surface area contributed by atoms with E-state index in [1.165, 1.54) is 12.1 Å². The van der Waals surface area contributed by atoms with Gasteiger partial charge in [-0.05, 0) is 57.5 Å². The lowest BCUT2D eigenvalue weighted by Gasteiger charge is -2.28. The van der Waals surface area contributed by atoms with Crippen molar-refractivity contribution in [3.05, 3.63) is 48.5 Å². The second kappa shape index (κ2) is 10.3. The van der Waals surface area contributed by atoms with E-state index in [2.05, 4.69) is 9.44 Å². The first-order valence-corrected chi connectivity index (χ1v) is 14.5. The number of hydrogen-bond donors (Lipinski definition) is 2. The fraction of sp³-hybridized carbons (Fsp3) is 0.435. The standard InChI is InChI=1S/C23H32N4O6S2/c1-23(2,3)33-22(28)27-14-8-13-26(15-16-27)21-12-11-19(17-20(21)25-34(4,29)30)35(31,32)24-18-9-6-5-7-10-18/h5-7,9-12,17,24-25H,8,13-16H2,1-4H3. The summed E-state index contributed by atoms with van der Waals surface area (Å²) in [5.41, 5.74) is 0.461. The first kappa shape index (κ1) is 26.6. The molecule has 192 valence electrons. The number of ether oxygens (including phenoxy) is 1. The molecule has 2 aromatic carbocycles. The molecule has 12 heteroatoms. The van der Waals surface area contributed by atoms with Crippen molar-refractivity contribution < 1.29 is 26.4 Å². The largest absolute Gasteiger partial charge is 0.444 e. The van der Waals surface area contributed by atoms with Crippen LogP contribution in [-0.2, 0) is 24.8 Å². The second-order valence-corrected chi connectivity index (χ2v) is 12.8. The smallest absolute Gasteiger partial charge is 0.410 e. The van der Waals surface area contributed by atoms with Crippen LogP contribution in [0.1, 0.15) is 27.2 Å². The summed E-state index contributed by atoms with van der Waals surface area (Å²) in [5, 5.41) is 0. The van der Waals surface area contributed by atoms with E-state index in [0.717, 1.165) is 6.26 Å². The van der Waals surface area contributed by atoms with E-state index in [4.69, 9.17) is 4.74 Å². The van der Waals surface area contributed by atoms with Crippen molar-refractivity contribution >= 4 is 43.2 Å². The fourth-order valence-electron chi connectivity index (χ4n) is 3.63. The van der Waals surface area contributed by atoms with Gasteiger partial charge >= 0.3 is 6.09 Å². The summed E-state index contributed by atoms with van der Waals surface area (Å²) in [4.78, 5) is 16.0. The van der Waals surface area contributed by atoms with E-state index >= 15 is 0 Å². The number of hydrogen-bond acceptors (Lipinski definition) is 7. The molecule has 0 aromatic heterocycles. The molecule has 0 bridgehead atoms. The van der Waals surface area contributed by atoms with Gasteiger partial charge in [0.25, 0.3) is 10.0 Å². The van der Waals surface area contributed by atoms with Crippen molar-refractivity contribution in [1.82, 2.24) is 4.90 Å². The molecule has 0 aliphatic carbocycles. The van der Waals surface area contributed by atoms with Crippen molar-refractivity contribution in [1.29, 1.82) is 0 Å². The van der Waals surface area contributed by atoms with Gasteiger partial charge < -0.3 is 14.5 Å². The Hall–Kier alpha value is -2.99. The first-order chi connectivity index (χ1) is 16.2. The molecule has 10 nitrogen and oxygen atoms in total. The Morgan fingerprint density at radius 1 is 0.914 bits per heavy atom. The highest BCUT2D eigenvalue weighted by Gasteiger charge is 2.26. The number of carbonyl (C=O) groups is 1. The highest BCUT2D eigenvalue weighted by atomic mass is 32.2.